The van der Waals surface area contributed by atoms with E-state index in [1.165, 1.54) is 0 Å². The van der Waals surface area contributed by atoms with Gasteiger partial charge < -0.3 is 19.7 Å². The number of benzene rings is 2. The fourth-order valence-electron chi connectivity index (χ4n) is 2.92. The molecular weight excluding hydrogens is 328 g/mol. The lowest BCUT2D eigenvalue weighted by atomic mass is 10.1. The number of rotatable bonds is 6. The zero-order chi connectivity index (χ0) is 18.4. The van der Waals surface area contributed by atoms with Gasteiger partial charge in [-0.05, 0) is 55.3 Å². The molecule has 0 saturated carbocycles. The fourth-order valence-corrected chi connectivity index (χ4v) is 2.92. The van der Waals surface area contributed by atoms with E-state index in [1.807, 2.05) is 50.2 Å². The third-order valence-electron chi connectivity index (χ3n) is 4.46. The predicted octanol–water partition coefficient (Wildman–Crippen LogP) is 3.55. The summed E-state index contributed by atoms with van der Waals surface area (Å²) in [5, 5.41) is 2.92. The summed E-state index contributed by atoms with van der Waals surface area (Å²) < 4.78 is 11.1. The van der Waals surface area contributed by atoms with Crippen molar-refractivity contribution in [2.24, 2.45) is 0 Å². The van der Waals surface area contributed by atoms with Crippen molar-refractivity contribution in [3.8, 4) is 5.75 Å². The Hall–Kier alpha value is -2.53. The summed E-state index contributed by atoms with van der Waals surface area (Å²) >= 11 is 0. The van der Waals surface area contributed by atoms with Crippen molar-refractivity contribution in [1.29, 1.82) is 0 Å². The largest absolute Gasteiger partial charge is 0.493 e. The van der Waals surface area contributed by atoms with Crippen molar-refractivity contribution < 1.29 is 14.3 Å². The second kappa shape index (κ2) is 8.72. The van der Waals surface area contributed by atoms with Gasteiger partial charge in [-0.3, -0.25) is 4.79 Å². The number of nitrogens with zero attached hydrogens (tertiary/aromatic N) is 1. The molecule has 2 aromatic carbocycles. The summed E-state index contributed by atoms with van der Waals surface area (Å²) in [5.41, 5.74) is 4.19. The summed E-state index contributed by atoms with van der Waals surface area (Å²) in [7, 11) is 0. The topological polar surface area (TPSA) is 50.8 Å². The lowest BCUT2D eigenvalue weighted by Crippen LogP contribution is -2.36. The van der Waals surface area contributed by atoms with E-state index in [2.05, 4.69) is 16.3 Å². The molecule has 0 aromatic heterocycles. The molecule has 1 aliphatic rings. The van der Waals surface area contributed by atoms with E-state index >= 15 is 0 Å². The number of carbonyl (C=O) groups is 1. The van der Waals surface area contributed by atoms with Gasteiger partial charge in [-0.1, -0.05) is 12.1 Å². The highest BCUT2D eigenvalue weighted by Gasteiger charge is 2.11. The van der Waals surface area contributed by atoms with Crippen LogP contribution in [0.25, 0.3) is 0 Å². The monoisotopic (exact) mass is 354 g/mol. The van der Waals surface area contributed by atoms with E-state index in [4.69, 9.17) is 9.47 Å². The number of nitrogens with one attached hydrogen (secondary N) is 1. The van der Waals surface area contributed by atoms with Gasteiger partial charge in [0.25, 0.3) is 0 Å². The number of morpholine rings is 1. The Kier molecular flexibility index (Phi) is 6.12. The third-order valence-corrected chi connectivity index (χ3v) is 4.46. The zero-order valence-electron chi connectivity index (χ0n) is 15.5. The highest BCUT2D eigenvalue weighted by atomic mass is 16.5. The number of hydrogen-bond acceptors (Lipinski definition) is 4. The van der Waals surface area contributed by atoms with Crippen LogP contribution < -0.4 is 15.0 Å². The van der Waals surface area contributed by atoms with Gasteiger partial charge in [0.2, 0.25) is 5.91 Å². The Morgan fingerprint density at radius 2 is 1.85 bits per heavy atom. The van der Waals surface area contributed by atoms with Crippen molar-refractivity contribution in [3.05, 3.63) is 53.6 Å². The lowest BCUT2D eigenvalue weighted by Gasteiger charge is -2.28. The van der Waals surface area contributed by atoms with Crippen LogP contribution in [0.15, 0.2) is 42.5 Å². The van der Waals surface area contributed by atoms with Crippen molar-refractivity contribution >= 4 is 17.3 Å². The molecule has 1 aliphatic heterocycles. The zero-order valence-corrected chi connectivity index (χ0v) is 15.5. The van der Waals surface area contributed by atoms with Crippen LogP contribution in [0.5, 0.6) is 5.75 Å². The van der Waals surface area contributed by atoms with E-state index in [9.17, 15) is 4.79 Å². The molecule has 5 nitrogen and oxygen atoms in total. The molecule has 0 spiro atoms. The normalized spacial score (nSPS) is 14.2. The van der Waals surface area contributed by atoms with Gasteiger partial charge >= 0.3 is 0 Å². The van der Waals surface area contributed by atoms with Crippen LogP contribution in [0.2, 0.25) is 0 Å². The molecule has 1 fully saturated rings. The van der Waals surface area contributed by atoms with Crippen molar-refractivity contribution in [2.75, 3.05) is 43.1 Å². The summed E-state index contributed by atoms with van der Waals surface area (Å²) in [6, 6.07) is 14.0. The van der Waals surface area contributed by atoms with Gasteiger partial charge in [-0.2, -0.15) is 0 Å². The van der Waals surface area contributed by atoms with Crippen LogP contribution in [-0.4, -0.2) is 38.8 Å². The van der Waals surface area contributed by atoms with Gasteiger partial charge in [-0.25, -0.2) is 0 Å². The first-order valence-electron chi connectivity index (χ1n) is 9.04. The van der Waals surface area contributed by atoms with Gasteiger partial charge in [-0.15, -0.1) is 0 Å². The quantitative estimate of drug-likeness (QED) is 0.862. The summed E-state index contributed by atoms with van der Waals surface area (Å²) in [5.74, 6) is 0.794. The molecule has 0 atom stereocenters. The second-order valence-corrected chi connectivity index (χ2v) is 6.56. The standard InChI is InChI=1S/C21H26N2O3/c1-16-3-4-17(2)20(15-16)26-12-9-21(24)22-18-5-7-19(8-6-18)23-10-13-25-14-11-23/h3-8,15H,9-14H2,1-2H3,(H,22,24). The van der Waals surface area contributed by atoms with Crippen LogP contribution in [0, 0.1) is 13.8 Å². The molecule has 26 heavy (non-hydrogen) atoms. The molecule has 2 aromatic rings. The number of anilines is 2. The number of amides is 1. The summed E-state index contributed by atoms with van der Waals surface area (Å²) in [6.45, 7) is 7.73. The molecule has 0 bridgehead atoms. The minimum atomic E-state index is -0.0468. The maximum atomic E-state index is 12.1. The second-order valence-electron chi connectivity index (χ2n) is 6.56. The molecule has 0 aliphatic carbocycles. The smallest absolute Gasteiger partial charge is 0.227 e. The Labute approximate surface area is 154 Å². The molecule has 1 saturated heterocycles. The first kappa shape index (κ1) is 18.3. The third kappa shape index (κ3) is 4.99. The molecule has 1 heterocycles. The molecule has 5 heteroatoms. The highest BCUT2D eigenvalue weighted by molar-refractivity contribution is 5.90. The molecular formula is C21H26N2O3. The van der Waals surface area contributed by atoms with E-state index in [-0.39, 0.29) is 5.91 Å². The number of hydrogen-bond donors (Lipinski definition) is 1. The first-order valence-corrected chi connectivity index (χ1v) is 9.04. The average Bonchev–Trinajstić information content (AvgIpc) is 2.66. The number of carbonyl (C=O) groups excluding carboxylic acids is 1. The van der Waals surface area contributed by atoms with Gasteiger partial charge in [0.15, 0.2) is 0 Å². The van der Waals surface area contributed by atoms with Crippen LogP contribution in [0.4, 0.5) is 11.4 Å². The molecule has 3 rings (SSSR count). The van der Waals surface area contributed by atoms with Crippen LogP contribution >= 0.6 is 0 Å². The Balaban J connectivity index is 1.46. The van der Waals surface area contributed by atoms with E-state index in [1.54, 1.807) is 0 Å². The van der Waals surface area contributed by atoms with Crippen molar-refractivity contribution in [2.45, 2.75) is 20.3 Å². The minimum absolute atomic E-state index is 0.0468. The maximum absolute atomic E-state index is 12.1. The van der Waals surface area contributed by atoms with Crippen molar-refractivity contribution in [3.63, 3.8) is 0 Å². The number of aryl methyl sites for hydroxylation is 2. The Morgan fingerprint density at radius 3 is 2.58 bits per heavy atom. The number of ether oxygens (including phenoxy) is 2. The molecule has 0 radical (unpaired) electrons. The van der Waals surface area contributed by atoms with E-state index in [0.29, 0.717) is 13.0 Å². The Morgan fingerprint density at radius 1 is 1.12 bits per heavy atom. The van der Waals surface area contributed by atoms with Crippen LogP contribution in [-0.2, 0) is 9.53 Å². The maximum Gasteiger partial charge on any atom is 0.227 e. The van der Waals surface area contributed by atoms with Crippen molar-refractivity contribution in [1.82, 2.24) is 0 Å². The van der Waals surface area contributed by atoms with E-state index in [0.717, 1.165) is 54.6 Å². The average molecular weight is 354 g/mol. The first-order chi connectivity index (χ1) is 12.6. The van der Waals surface area contributed by atoms with Gasteiger partial charge in [0.1, 0.15) is 5.75 Å². The lowest BCUT2D eigenvalue weighted by molar-refractivity contribution is -0.116. The van der Waals surface area contributed by atoms with Gasteiger partial charge in [0.05, 0.1) is 26.2 Å². The minimum Gasteiger partial charge on any atom is -0.493 e. The van der Waals surface area contributed by atoms with Crippen LogP contribution in [0.1, 0.15) is 17.5 Å². The molecule has 1 N–H and O–H groups in total. The van der Waals surface area contributed by atoms with E-state index < -0.39 is 0 Å². The molecule has 0 unspecified atom stereocenters. The summed E-state index contributed by atoms with van der Waals surface area (Å²) in [6.07, 6.45) is 0.318. The Bertz CT molecular complexity index is 737. The fraction of sp³-hybridized carbons (Fsp3) is 0.381. The van der Waals surface area contributed by atoms with Crippen LogP contribution in [0.3, 0.4) is 0 Å². The van der Waals surface area contributed by atoms with Gasteiger partial charge in [0, 0.05) is 24.5 Å². The summed E-state index contributed by atoms with van der Waals surface area (Å²) in [4.78, 5) is 14.4. The SMILES string of the molecule is Cc1ccc(C)c(OCCC(=O)Nc2ccc(N3CCOCC3)cc2)c1. The highest BCUT2D eigenvalue weighted by Crippen LogP contribution is 2.20. The predicted molar refractivity (Wildman–Crippen MR) is 104 cm³/mol. The molecule has 138 valence electrons. The molecule has 1 amide bonds.